The maximum absolute atomic E-state index is 5.97. The third-order valence-electron chi connectivity index (χ3n) is 4.85. The number of nitrogens with one attached hydrogen (secondary N) is 2. The van der Waals surface area contributed by atoms with Gasteiger partial charge in [-0.25, -0.2) is 0 Å². The third-order valence-corrected chi connectivity index (χ3v) is 4.85. The highest BCUT2D eigenvalue weighted by Gasteiger charge is 2.13. The molecule has 6 heteroatoms. The van der Waals surface area contributed by atoms with Gasteiger partial charge in [-0.3, -0.25) is 4.99 Å². The second-order valence-corrected chi connectivity index (χ2v) is 7.11. The molecule has 0 radical (unpaired) electrons. The van der Waals surface area contributed by atoms with Crippen molar-refractivity contribution in [1.82, 2.24) is 5.32 Å². The van der Waals surface area contributed by atoms with Crippen LogP contribution in [0.2, 0.25) is 0 Å². The van der Waals surface area contributed by atoms with Crippen LogP contribution in [0.3, 0.4) is 0 Å². The summed E-state index contributed by atoms with van der Waals surface area (Å²) < 4.78 is 17.4. The summed E-state index contributed by atoms with van der Waals surface area (Å²) in [6, 6.07) is 5.80. The Morgan fingerprint density at radius 2 is 1.96 bits per heavy atom. The van der Waals surface area contributed by atoms with Crippen LogP contribution in [0.25, 0.3) is 0 Å². The fraction of sp³-hybridized carbons (Fsp3) is 0.591. The SMILES string of the molecule is C#CCNC(=NCCCOC1CCCCC1)Nc1ccc2c(c1)OCCCO2. The second-order valence-electron chi connectivity index (χ2n) is 7.11. The lowest BCUT2D eigenvalue weighted by Crippen LogP contribution is -2.31. The summed E-state index contributed by atoms with van der Waals surface area (Å²) in [5.74, 6) is 4.77. The Balaban J connectivity index is 1.50. The summed E-state index contributed by atoms with van der Waals surface area (Å²) >= 11 is 0. The van der Waals surface area contributed by atoms with Gasteiger partial charge in [0.25, 0.3) is 0 Å². The number of rotatable bonds is 7. The Bertz CT molecular complexity index is 678. The van der Waals surface area contributed by atoms with Crippen LogP contribution in [0.4, 0.5) is 5.69 Å². The van der Waals surface area contributed by atoms with E-state index in [1.165, 1.54) is 32.1 Å². The van der Waals surface area contributed by atoms with Crippen molar-refractivity contribution in [3.63, 3.8) is 0 Å². The summed E-state index contributed by atoms with van der Waals surface area (Å²) in [4.78, 5) is 4.62. The van der Waals surface area contributed by atoms with Gasteiger partial charge in [0.2, 0.25) is 0 Å². The fourth-order valence-electron chi connectivity index (χ4n) is 3.39. The maximum Gasteiger partial charge on any atom is 0.196 e. The summed E-state index contributed by atoms with van der Waals surface area (Å²) in [6.07, 6.45) is 13.9. The number of aliphatic imine (C=N–C) groups is 1. The zero-order valence-corrected chi connectivity index (χ0v) is 16.5. The molecule has 0 spiro atoms. The van der Waals surface area contributed by atoms with Crippen LogP contribution < -0.4 is 20.1 Å². The van der Waals surface area contributed by atoms with E-state index in [-0.39, 0.29) is 0 Å². The van der Waals surface area contributed by atoms with Crippen LogP contribution in [0.1, 0.15) is 44.9 Å². The largest absolute Gasteiger partial charge is 0.490 e. The minimum absolute atomic E-state index is 0.412. The van der Waals surface area contributed by atoms with E-state index in [1.54, 1.807) is 0 Å². The quantitative estimate of drug-likeness (QED) is 0.325. The summed E-state index contributed by atoms with van der Waals surface area (Å²) in [5, 5.41) is 6.43. The van der Waals surface area contributed by atoms with Crippen molar-refractivity contribution in [3.05, 3.63) is 18.2 Å². The van der Waals surface area contributed by atoms with Gasteiger partial charge in [-0.05, 0) is 31.4 Å². The lowest BCUT2D eigenvalue weighted by Gasteiger charge is -2.21. The van der Waals surface area contributed by atoms with E-state index in [0.717, 1.165) is 36.6 Å². The fourth-order valence-corrected chi connectivity index (χ4v) is 3.39. The van der Waals surface area contributed by atoms with Gasteiger partial charge in [-0.15, -0.1) is 6.42 Å². The molecule has 1 aliphatic heterocycles. The van der Waals surface area contributed by atoms with Gasteiger partial charge in [0.1, 0.15) is 0 Å². The van der Waals surface area contributed by atoms with Crippen LogP contribution in [0.15, 0.2) is 23.2 Å². The van der Waals surface area contributed by atoms with E-state index in [1.807, 2.05) is 18.2 Å². The van der Waals surface area contributed by atoms with Crippen molar-refractivity contribution in [3.8, 4) is 23.8 Å². The Kier molecular flexibility index (Phi) is 8.32. The first-order valence-corrected chi connectivity index (χ1v) is 10.4. The predicted octanol–water partition coefficient (Wildman–Crippen LogP) is 3.58. The monoisotopic (exact) mass is 385 g/mol. The number of hydrogen-bond donors (Lipinski definition) is 2. The molecule has 1 aliphatic carbocycles. The molecule has 3 rings (SSSR count). The molecule has 1 aromatic carbocycles. The van der Waals surface area contributed by atoms with Gasteiger partial charge < -0.3 is 24.8 Å². The highest BCUT2D eigenvalue weighted by molar-refractivity contribution is 5.94. The molecule has 0 aromatic heterocycles. The van der Waals surface area contributed by atoms with Crippen LogP contribution in [0.5, 0.6) is 11.5 Å². The van der Waals surface area contributed by atoms with Crippen LogP contribution in [0, 0.1) is 12.3 Å². The number of terminal acetylenes is 1. The van der Waals surface area contributed by atoms with Crippen LogP contribution >= 0.6 is 0 Å². The van der Waals surface area contributed by atoms with E-state index >= 15 is 0 Å². The van der Waals surface area contributed by atoms with E-state index in [9.17, 15) is 0 Å². The Morgan fingerprint density at radius 1 is 1.14 bits per heavy atom. The third kappa shape index (κ3) is 6.65. The number of nitrogens with zero attached hydrogens (tertiary/aromatic N) is 1. The van der Waals surface area contributed by atoms with Gasteiger partial charge in [-0.1, -0.05) is 25.2 Å². The minimum Gasteiger partial charge on any atom is -0.490 e. The summed E-state index contributed by atoms with van der Waals surface area (Å²) in [5.41, 5.74) is 0.881. The molecule has 152 valence electrons. The molecule has 2 aliphatic rings. The number of anilines is 1. The van der Waals surface area contributed by atoms with Gasteiger partial charge in [0.05, 0.1) is 25.9 Å². The minimum atomic E-state index is 0.412. The van der Waals surface area contributed by atoms with Crippen molar-refractivity contribution in [2.75, 3.05) is 38.2 Å². The zero-order valence-electron chi connectivity index (χ0n) is 16.5. The number of fused-ring (bicyclic) bond motifs is 1. The molecule has 1 heterocycles. The Hall–Kier alpha value is -2.39. The van der Waals surface area contributed by atoms with Crippen molar-refractivity contribution in [1.29, 1.82) is 0 Å². The van der Waals surface area contributed by atoms with Crippen LogP contribution in [-0.4, -0.2) is 45.0 Å². The van der Waals surface area contributed by atoms with Gasteiger partial charge >= 0.3 is 0 Å². The lowest BCUT2D eigenvalue weighted by atomic mass is 9.98. The maximum atomic E-state index is 5.97. The second kappa shape index (κ2) is 11.5. The molecule has 1 fully saturated rings. The number of hydrogen-bond acceptors (Lipinski definition) is 4. The van der Waals surface area contributed by atoms with Crippen molar-refractivity contribution >= 4 is 11.6 Å². The molecule has 2 N–H and O–H groups in total. The van der Waals surface area contributed by atoms with Crippen LogP contribution in [-0.2, 0) is 4.74 Å². The molecule has 0 unspecified atom stereocenters. The number of benzene rings is 1. The number of ether oxygens (including phenoxy) is 3. The first-order valence-electron chi connectivity index (χ1n) is 10.4. The molecular weight excluding hydrogens is 354 g/mol. The smallest absolute Gasteiger partial charge is 0.196 e. The summed E-state index contributed by atoms with van der Waals surface area (Å²) in [7, 11) is 0. The number of guanidine groups is 1. The van der Waals surface area contributed by atoms with E-state index < -0.39 is 0 Å². The Morgan fingerprint density at radius 3 is 2.79 bits per heavy atom. The first kappa shape index (κ1) is 20.3. The van der Waals surface area contributed by atoms with E-state index in [0.29, 0.717) is 38.4 Å². The van der Waals surface area contributed by atoms with Gasteiger partial charge in [0, 0.05) is 31.3 Å². The molecule has 0 atom stereocenters. The lowest BCUT2D eigenvalue weighted by molar-refractivity contribution is 0.0281. The molecule has 1 saturated carbocycles. The van der Waals surface area contributed by atoms with Gasteiger partial charge in [0.15, 0.2) is 17.5 Å². The molecule has 0 amide bonds. The highest BCUT2D eigenvalue weighted by atomic mass is 16.5. The van der Waals surface area contributed by atoms with Crippen molar-refractivity contribution in [2.24, 2.45) is 4.99 Å². The zero-order chi connectivity index (χ0) is 19.4. The Labute approximate surface area is 168 Å². The molecule has 1 aromatic rings. The van der Waals surface area contributed by atoms with Gasteiger partial charge in [-0.2, -0.15) is 0 Å². The van der Waals surface area contributed by atoms with Crippen molar-refractivity contribution < 1.29 is 14.2 Å². The normalized spacial score (nSPS) is 17.5. The highest BCUT2D eigenvalue weighted by Crippen LogP contribution is 2.32. The summed E-state index contributed by atoms with van der Waals surface area (Å²) in [6.45, 7) is 3.18. The molecule has 0 bridgehead atoms. The van der Waals surface area contributed by atoms with E-state index in [4.69, 9.17) is 20.6 Å². The average Bonchev–Trinajstić information content (AvgIpc) is 2.97. The molecule has 0 saturated heterocycles. The molecule has 28 heavy (non-hydrogen) atoms. The average molecular weight is 386 g/mol. The standard InChI is InChI=1S/C22H31N3O3/c1-2-12-23-22(24-13-6-14-26-19-8-4-3-5-9-19)25-18-10-11-20-21(17-18)28-16-7-15-27-20/h1,10-11,17,19H,3-9,12-16H2,(H2,23,24,25). The van der Waals surface area contributed by atoms with E-state index in [2.05, 4.69) is 21.5 Å². The topological polar surface area (TPSA) is 64.1 Å². The molecule has 6 nitrogen and oxygen atoms in total. The first-order chi connectivity index (χ1) is 13.8. The predicted molar refractivity (Wildman–Crippen MR) is 112 cm³/mol. The van der Waals surface area contributed by atoms with Crippen molar-refractivity contribution in [2.45, 2.75) is 51.0 Å². The molecular formula is C22H31N3O3.